The zero-order chi connectivity index (χ0) is 9.83. The summed E-state index contributed by atoms with van der Waals surface area (Å²) < 4.78 is 21.8. The fourth-order valence-electron chi connectivity index (χ4n) is 0.449. The number of nitrogens with zero attached hydrogens (tertiary/aromatic N) is 2. The summed E-state index contributed by atoms with van der Waals surface area (Å²) >= 11 is 0. The standard InChI is InChI=1S/C6H6N2O3S/c1-2-12(10,11)6(9,5-8)3-4-7/h2,9H,1,3H2. The van der Waals surface area contributed by atoms with Crippen molar-refractivity contribution in [3.05, 3.63) is 12.0 Å². The largest absolute Gasteiger partial charge is 0.362 e. The molecule has 0 bridgehead atoms. The Bertz CT molecular complexity index is 359. The molecule has 0 aromatic rings. The van der Waals surface area contributed by atoms with E-state index < -0.39 is 21.2 Å². The minimum Gasteiger partial charge on any atom is -0.362 e. The van der Waals surface area contributed by atoms with E-state index in [1.807, 2.05) is 0 Å². The van der Waals surface area contributed by atoms with Gasteiger partial charge in [0.05, 0.1) is 12.5 Å². The van der Waals surface area contributed by atoms with Gasteiger partial charge >= 0.3 is 0 Å². The Morgan fingerprint density at radius 3 is 2.33 bits per heavy atom. The van der Waals surface area contributed by atoms with E-state index in [9.17, 15) is 8.42 Å². The first-order valence-corrected chi connectivity index (χ1v) is 4.36. The second-order valence-corrected chi connectivity index (χ2v) is 4.04. The van der Waals surface area contributed by atoms with Crippen LogP contribution in [0.1, 0.15) is 6.42 Å². The summed E-state index contributed by atoms with van der Waals surface area (Å²) in [6, 6.07) is 2.54. The van der Waals surface area contributed by atoms with Gasteiger partial charge in [-0.1, -0.05) is 6.58 Å². The van der Waals surface area contributed by atoms with Crippen LogP contribution in [-0.4, -0.2) is 18.5 Å². The molecule has 0 rings (SSSR count). The molecule has 0 amide bonds. The van der Waals surface area contributed by atoms with Crippen molar-refractivity contribution in [1.29, 1.82) is 10.5 Å². The van der Waals surface area contributed by atoms with Crippen molar-refractivity contribution in [1.82, 2.24) is 0 Å². The van der Waals surface area contributed by atoms with E-state index in [0.717, 1.165) is 6.07 Å². The summed E-state index contributed by atoms with van der Waals surface area (Å²) in [5.74, 6) is 0. The van der Waals surface area contributed by atoms with Crippen LogP contribution >= 0.6 is 0 Å². The van der Waals surface area contributed by atoms with E-state index in [2.05, 4.69) is 6.58 Å². The van der Waals surface area contributed by atoms with Gasteiger partial charge in [0.15, 0.2) is 0 Å². The molecule has 5 nitrogen and oxygen atoms in total. The van der Waals surface area contributed by atoms with Crippen LogP contribution < -0.4 is 0 Å². The summed E-state index contributed by atoms with van der Waals surface area (Å²) in [5, 5.41) is 26.0. The second-order valence-electron chi connectivity index (χ2n) is 1.94. The second kappa shape index (κ2) is 3.35. The first-order valence-electron chi connectivity index (χ1n) is 2.81. The maximum Gasteiger partial charge on any atom is 0.270 e. The summed E-state index contributed by atoms with van der Waals surface area (Å²) in [7, 11) is -4.14. The summed E-state index contributed by atoms with van der Waals surface area (Å²) in [4.78, 5) is -2.66. The molecule has 0 aliphatic rings. The van der Waals surface area contributed by atoms with Crippen LogP contribution in [0.25, 0.3) is 0 Å². The lowest BCUT2D eigenvalue weighted by Crippen LogP contribution is -2.34. The first kappa shape index (κ1) is 10.6. The molecule has 1 N–H and O–H groups in total. The fourth-order valence-corrected chi connectivity index (χ4v) is 1.12. The van der Waals surface area contributed by atoms with Crippen LogP contribution in [-0.2, 0) is 9.84 Å². The quantitative estimate of drug-likeness (QED) is 0.608. The SMILES string of the molecule is C=CS(=O)(=O)C(O)(C#N)CC#N. The van der Waals surface area contributed by atoms with Crippen molar-refractivity contribution in [3.63, 3.8) is 0 Å². The van der Waals surface area contributed by atoms with E-state index in [4.69, 9.17) is 15.6 Å². The minimum absolute atomic E-state index is 0.452. The lowest BCUT2D eigenvalue weighted by atomic mass is 10.3. The smallest absolute Gasteiger partial charge is 0.270 e. The van der Waals surface area contributed by atoms with Gasteiger partial charge in [-0.15, -0.1) is 0 Å². The van der Waals surface area contributed by atoms with Gasteiger partial charge in [-0.05, 0) is 0 Å². The van der Waals surface area contributed by atoms with Crippen LogP contribution in [0.15, 0.2) is 12.0 Å². The fraction of sp³-hybridized carbons (Fsp3) is 0.333. The first-order chi connectivity index (χ1) is 5.43. The van der Waals surface area contributed by atoms with Gasteiger partial charge in [-0.2, -0.15) is 10.5 Å². The Morgan fingerprint density at radius 1 is 1.58 bits per heavy atom. The predicted molar refractivity (Wildman–Crippen MR) is 39.9 cm³/mol. The molecule has 0 aliphatic carbocycles. The maximum atomic E-state index is 10.9. The predicted octanol–water partition coefficient (Wildman–Crippen LogP) is -0.329. The van der Waals surface area contributed by atoms with Gasteiger partial charge in [-0.25, -0.2) is 8.42 Å². The zero-order valence-electron chi connectivity index (χ0n) is 6.06. The molecular weight excluding hydrogens is 180 g/mol. The molecule has 0 aromatic heterocycles. The van der Waals surface area contributed by atoms with Crippen molar-refractivity contribution >= 4 is 9.84 Å². The molecule has 64 valence electrons. The summed E-state index contributed by atoms with van der Waals surface area (Å²) in [6.45, 7) is 2.92. The summed E-state index contributed by atoms with van der Waals surface area (Å²) in [5.41, 5.74) is 0. The van der Waals surface area contributed by atoms with Crippen LogP contribution in [0.4, 0.5) is 0 Å². The van der Waals surface area contributed by atoms with E-state index in [-0.39, 0.29) is 0 Å². The molecule has 0 saturated heterocycles. The third-order valence-electron chi connectivity index (χ3n) is 1.18. The molecule has 0 heterocycles. The Morgan fingerprint density at radius 2 is 2.08 bits per heavy atom. The van der Waals surface area contributed by atoms with E-state index >= 15 is 0 Å². The third-order valence-corrected chi connectivity index (χ3v) is 2.80. The molecule has 1 atom stereocenters. The molecule has 6 heteroatoms. The van der Waals surface area contributed by atoms with Gasteiger partial charge in [-0.3, -0.25) is 0 Å². The Balaban J connectivity index is 5.23. The average molecular weight is 186 g/mol. The number of sulfone groups is 1. The average Bonchev–Trinajstić information content (AvgIpc) is 2.04. The van der Waals surface area contributed by atoms with Gasteiger partial charge in [0.25, 0.3) is 4.93 Å². The van der Waals surface area contributed by atoms with Crippen molar-refractivity contribution in [2.24, 2.45) is 0 Å². The Labute approximate surface area is 70.1 Å². The van der Waals surface area contributed by atoms with Gasteiger partial charge in [0, 0.05) is 5.41 Å². The van der Waals surface area contributed by atoms with Crippen molar-refractivity contribution < 1.29 is 13.5 Å². The number of hydrogen-bond acceptors (Lipinski definition) is 5. The Kier molecular flexibility index (Phi) is 2.97. The van der Waals surface area contributed by atoms with Gasteiger partial charge < -0.3 is 5.11 Å². The highest BCUT2D eigenvalue weighted by Gasteiger charge is 2.40. The number of nitriles is 2. The number of rotatable bonds is 3. The van der Waals surface area contributed by atoms with E-state index in [1.54, 1.807) is 0 Å². The Hall–Kier alpha value is -1.37. The van der Waals surface area contributed by atoms with Crippen LogP contribution in [0, 0.1) is 22.7 Å². The molecular formula is C6H6N2O3S. The lowest BCUT2D eigenvalue weighted by Gasteiger charge is -2.13. The van der Waals surface area contributed by atoms with Crippen molar-refractivity contribution in [2.75, 3.05) is 0 Å². The van der Waals surface area contributed by atoms with Gasteiger partial charge in [0.1, 0.15) is 6.07 Å². The van der Waals surface area contributed by atoms with Crippen LogP contribution in [0.5, 0.6) is 0 Å². The zero-order valence-corrected chi connectivity index (χ0v) is 6.87. The normalized spacial score (nSPS) is 15.2. The van der Waals surface area contributed by atoms with Crippen LogP contribution in [0.3, 0.4) is 0 Å². The van der Waals surface area contributed by atoms with Crippen molar-refractivity contribution in [3.8, 4) is 12.1 Å². The third kappa shape index (κ3) is 1.62. The monoisotopic (exact) mass is 186 g/mol. The molecule has 0 radical (unpaired) electrons. The van der Waals surface area contributed by atoms with E-state index in [0.29, 0.717) is 5.41 Å². The molecule has 12 heavy (non-hydrogen) atoms. The minimum atomic E-state index is -4.14. The van der Waals surface area contributed by atoms with Gasteiger partial charge in [0.2, 0.25) is 9.84 Å². The van der Waals surface area contributed by atoms with Crippen LogP contribution in [0.2, 0.25) is 0 Å². The molecule has 0 fully saturated rings. The number of hydrogen-bond donors (Lipinski definition) is 1. The number of aliphatic hydroxyl groups is 1. The maximum absolute atomic E-state index is 10.9. The molecule has 0 aliphatic heterocycles. The lowest BCUT2D eigenvalue weighted by molar-refractivity contribution is 0.188. The highest BCUT2D eigenvalue weighted by molar-refractivity contribution is 7.95. The molecule has 0 aromatic carbocycles. The molecule has 0 saturated carbocycles. The van der Waals surface area contributed by atoms with Crippen molar-refractivity contribution in [2.45, 2.75) is 11.4 Å². The highest BCUT2D eigenvalue weighted by Crippen LogP contribution is 2.18. The van der Waals surface area contributed by atoms with E-state index in [1.165, 1.54) is 6.07 Å². The molecule has 0 spiro atoms. The highest BCUT2D eigenvalue weighted by atomic mass is 32.2. The summed E-state index contributed by atoms with van der Waals surface area (Å²) in [6.07, 6.45) is -0.794. The topological polar surface area (TPSA) is 102 Å². The molecule has 1 unspecified atom stereocenters.